The summed E-state index contributed by atoms with van der Waals surface area (Å²) in [7, 11) is 0. The first kappa shape index (κ1) is 16.9. The molecule has 2 atom stereocenters. The summed E-state index contributed by atoms with van der Waals surface area (Å²) in [6.45, 7) is 8.67. The van der Waals surface area contributed by atoms with E-state index in [1.54, 1.807) is 0 Å². The van der Waals surface area contributed by atoms with Crippen LogP contribution in [0.1, 0.15) is 39.5 Å². The molecule has 2 unspecified atom stereocenters. The van der Waals surface area contributed by atoms with Crippen molar-refractivity contribution < 1.29 is 4.79 Å². The first-order valence-electron chi connectivity index (χ1n) is 7.65. The molecule has 0 aromatic rings. The summed E-state index contributed by atoms with van der Waals surface area (Å²) in [6.07, 6.45) is 4.69. The van der Waals surface area contributed by atoms with Crippen molar-refractivity contribution in [2.24, 2.45) is 23.7 Å². The Labute approximate surface area is 123 Å². The van der Waals surface area contributed by atoms with Crippen LogP contribution in [-0.4, -0.2) is 32.0 Å². The van der Waals surface area contributed by atoms with Crippen molar-refractivity contribution in [3.8, 4) is 0 Å². The van der Waals surface area contributed by atoms with Gasteiger partial charge in [0.15, 0.2) is 0 Å². The van der Waals surface area contributed by atoms with E-state index in [2.05, 4.69) is 24.5 Å². The predicted octanol–water partition coefficient (Wildman–Crippen LogP) is 2.25. The SMILES string of the molecule is CC(C(=O)C(C)C1CCNCC1)C1CCNCC1.Cl. The van der Waals surface area contributed by atoms with Crippen molar-refractivity contribution in [1.82, 2.24) is 10.6 Å². The van der Waals surface area contributed by atoms with E-state index in [0.717, 1.165) is 26.2 Å². The van der Waals surface area contributed by atoms with Gasteiger partial charge in [0.1, 0.15) is 5.78 Å². The lowest BCUT2D eigenvalue weighted by molar-refractivity contribution is -0.129. The van der Waals surface area contributed by atoms with Gasteiger partial charge in [-0.3, -0.25) is 4.79 Å². The second-order valence-electron chi connectivity index (χ2n) is 6.15. The lowest BCUT2D eigenvalue weighted by Gasteiger charge is -2.33. The minimum atomic E-state index is 0. The summed E-state index contributed by atoms with van der Waals surface area (Å²) >= 11 is 0. The van der Waals surface area contributed by atoms with Crippen LogP contribution < -0.4 is 10.6 Å². The summed E-state index contributed by atoms with van der Waals surface area (Å²) < 4.78 is 0. The van der Waals surface area contributed by atoms with Crippen LogP contribution in [0.15, 0.2) is 0 Å². The van der Waals surface area contributed by atoms with Crippen molar-refractivity contribution in [2.45, 2.75) is 39.5 Å². The van der Waals surface area contributed by atoms with Gasteiger partial charge >= 0.3 is 0 Å². The summed E-state index contributed by atoms with van der Waals surface area (Å²) in [5.41, 5.74) is 0. The van der Waals surface area contributed by atoms with E-state index in [0.29, 0.717) is 17.6 Å². The van der Waals surface area contributed by atoms with Crippen LogP contribution in [0.5, 0.6) is 0 Å². The Balaban J connectivity index is 0.00000180. The number of hydrogen-bond acceptors (Lipinski definition) is 3. The zero-order valence-corrected chi connectivity index (χ0v) is 13.1. The van der Waals surface area contributed by atoms with Crippen molar-refractivity contribution in [1.29, 1.82) is 0 Å². The first-order valence-corrected chi connectivity index (χ1v) is 7.65. The highest BCUT2D eigenvalue weighted by Gasteiger charge is 2.32. The molecule has 2 N–H and O–H groups in total. The fourth-order valence-electron chi connectivity index (χ4n) is 3.57. The van der Waals surface area contributed by atoms with Crippen LogP contribution in [0.25, 0.3) is 0 Å². The van der Waals surface area contributed by atoms with Crippen molar-refractivity contribution in [3.63, 3.8) is 0 Å². The molecule has 4 heteroatoms. The maximum Gasteiger partial charge on any atom is 0.139 e. The van der Waals surface area contributed by atoms with E-state index in [4.69, 9.17) is 0 Å². The fourth-order valence-corrected chi connectivity index (χ4v) is 3.57. The summed E-state index contributed by atoms with van der Waals surface area (Å²) in [4.78, 5) is 12.6. The normalized spacial score (nSPS) is 25.4. The van der Waals surface area contributed by atoms with Crippen LogP contribution in [0.4, 0.5) is 0 Å². The number of nitrogens with one attached hydrogen (secondary N) is 2. The molecule has 0 aliphatic carbocycles. The van der Waals surface area contributed by atoms with Crippen molar-refractivity contribution >= 4 is 18.2 Å². The van der Waals surface area contributed by atoms with Gasteiger partial charge in [0.2, 0.25) is 0 Å². The number of carbonyl (C=O) groups is 1. The summed E-state index contributed by atoms with van der Waals surface area (Å²) in [5, 5.41) is 6.76. The number of piperidine rings is 2. The Morgan fingerprint density at radius 2 is 1.16 bits per heavy atom. The molecule has 3 nitrogen and oxygen atoms in total. The van der Waals surface area contributed by atoms with Crippen molar-refractivity contribution in [3.05, 3.63) is 0 Å². The summed E-state index contributed by atoms with van der Waals surface area (Å²) in [6, 6.07) is 0. The minimum absolute atomic E-state index is 0. The maximum absolute atomic E-state index is 12.6. The predicted molar refractivity (Wildman–Crippen MR) is 81.8 cm³/mol. The molecular formula is C15H29ClN2O. The van der Waals surface area contributed by atoms with Gasteiger partial charge in [-0.05, 0) is 63.7 Å². The van der Waals surface area contributed by atoms with Crippen molar-refractivity contribution in [2.75, 3.05) is 26.2 Å². The molecule has 2 saturated heterocycles. The highest BCUT2D eigenvalue weighted by atomic mass is 35.5. The number of carbonyl (C=O) groups excluding carboxylic acids is 1. The Kier molecular flexibility index (Phi) is 7.33. The Morgan fingerprint density at radius 1 is 0.842 bits per heavy atom. The van der Waals surface area contributed by atoms with E-state index >= 15 is 0 Å². The molecular weight excluding hydrogens is 260 g/mol. The topological polar surface area (TPSA) is 41.1 Å². The van der Waals surface area contributed by atoms with Crippen LogP contribution in [-0.2, 0) is 4.79 Å². The second-order valence-corrected chi connectivity index (χ2v) is 6.15. The van der Waals surface area contributed by atoms with Gasteiger partial charge in [-0.1, -0.05) is 13.8 Å². The lowest BCUT2D eigenvalue weighted by Crippen LogP contribution is -2.39. The van der Waals surface area contributed by atoms with Crippen LogP contribution >= 0.6 is 12.4 Å². The largest absolute Gasteiger partial charge is 0.317 e. The van der Waals surface area contributed by atoms with Crippen LogP contribution in [0.2, 0.25) is 0 Å². The van der Waals surface area contributed by atoms with E-state index in [9.17, 15) is 4.79 Å². The molecule has 0 aromatic heterocycles. The third-order valence-electron chi connectivity index (χ3n) is 5.08. The second kappa shape index (κ2) is 8.23. The molecule has 2 heterocycles. The third kappa shape index (κ3) is 4.44. The number of hydrogen-bond donors (Lipinski definition) is 2. The monoisotopic (exact) mass is 288 g/mol. The average Bonchev–Trinajstić information content (AvgIpc) is 2.47. The molecule has 2 aliphatic heterocycles. The van der Waals surface area contributed by atoms with Gasteiger partial charge in [-0.2, -0.15) is 0 Å². The van der Waals surface area contributed by atoms with E-state index in [1.807, 2.05) is 0 Å². The Morgan fingerprint density at radius 3 is 1.47 bits per heavy atom. The molecule has 2 aliphatic rings. The molecule has 0 aromatic carbocycles. The molecule has 0 spiro atoms. The molecule has 0 radical (unpaired) electrons. The summed E-state index contributed by atoms with van der Waals surface area (Å²) in [5.74, 6) is 2.27. The Hall–Kier alpha value is -0.120. The van der Waals surface area contributed by atoms with Gasteiger partial charge in [0, 0.05) is 11.8 Å². The van der Waals surface area contributed by atoms with E-state index in [-0.39, 0.29) is 24.2 Å². The smallest absolute Gasteiger partial charge is 0.139 e. The maximum atomic E-state index is 12.6. The van der Waals surface area contributed by atoms with Gasteiger partial charge in [0.25, 0.3) is 0 Å². The molecule has 0 saturated carbocycles. The number of ketones is 1. The van der Waals surface area contributed by atoms with Crippen LogP contribution in [0.3, 0.4) is 0 Å². The molecule has 112 valence electrons. The molecule has 2 fully saturated rings. The van der Waals surface area contributed by atoms with Gasteiger partial charge in [-0.25, -0.2) is 0 Å². The Bertz CT molecular complexity index is 247. The quantitative estimate of drug-likeness (QED) is 0.834. The standard InChI is InChI=1S/C15H28N2O.ClH/c1-11(13-3-7-16-8-4-13)15(18)12(2)14-5-9-17-10-6-14;/h11-14,16-17H,3-10H2,1-2H3;1H. The minimum Gasteiger partial charge on any atom is -0.317 e. The van der Waals surface area contributed by atoms with Gasteiger partial charge < -0.3 is 10.6 Å². The third-order valence-corrected chi connectivity index (χ3v) is 5.08. The van der Waals surface area contributed by atoms with E-state index < -0.39 is 0 Å². The molecule has 0 bridgehead atoms. The first-order chi connectivity index (χ1) is 8.70. The zero-order valence-electron chi connectivity index (χ0n) is 12.3. The van der Waals surface area contributed by atoms with Gasteiger partial charge in [0.05, 0.1) is 0 Å². The number of rotatable bonds is 4. The molecule has 19 heavy (non-hydrogen) atoms. The molecule has 2 rings (SSSR count). The average molecular weight is 289 g/mol. The fraction of sp³-hybridized carbons (Fsp3) is 0.933. The number of halogens is 1. The zero-order chi connectivity index (χ0) is 13.0. The highest BCUT2D eigenvalue weighted by molar-refractivity contribution is 5.85. The lowest BCUT2D eigenvalue weighted by atomic mass is 9.75. The number of Topliss-reactive ketones (excluding diaryl/α,β-unsaturated/α-hetero) is 1. The van der Waals surface area contributed by atoms with Gasteiger partial charge in [-0.15, -0.1) is 12.4 Å². The highest BCUT2D eigenvalue weighted by Crippen LogP contribution is 2.30. The van der Waals surface area contributed by atoms with E-state index in [1.165, 1.54) is 25.7 Å². The van der Waals surface area contributed by atoms with Crippen LogP contribution in [0, 0.1) is 23.7 Å². The molecule has 0 amide bonds.